The Hall–Kier alpha value is -0.660. The van der Waals surface area contributed by atoms with E-state index in [0.717, 1.165) is 38.8 Å². The molecule has 0 heterocycles. The lowest BCUT2D eigenvalue weighted by atomic mass is 10.1. The van der Waals surface area contributed by atoms with Crippen molar-refractivity contribution in [2.24, 2.45) is 11.8 Å². The number of nitrogens with one attached hydrogen (secondary N) is 1. The lowest BCUT2D eigenvalue weighted by molar-refractivity contribution is -0.902. The summed E-state index contributed by atoms with van der Waals surface area (Å²) in [6.45, 7) is 11.0. The number of nitrogens with zero attached hydrogens (tertiary/aromatic N) is 1. The fraction of sp³-hybridized carbons (Fsp3) is 0.941. The van der Waals surface area contributed by atoms with Gasteiger partial charge in [-0.25, -0.2) is 0 Å². The van der Waals surface area contributed by atoms with Gasteiger partial charge >= 0.3 is 0 Å². The minimum atomic E-state index is -4.03. The quantitative estimate of drug-likeness (QED) is 0.387. The third-order valence-corrected chi connectivity index (χ3v) is 4.89. The van der Waals surface area contributed by atoms with E-state index in [4.69, 9.17) is 4.55 Å². The molecule has 0 atom stereocenters. The summed E-state index contributed by atoms with van der Waals surface area (Å²) in [5, 5.41) is 2.60. The zero-order valence-corrected chi connectivity index (χ0v) is 16.9. The predicted octanol–water partition coefficient (Wildman–Crippen LogP) is 2.31. The summed E-state index contributed by atoms with van der Waals surface area (Å²) in [4.78, 5) is 12.1. The number of hydrogen-bond acceptors (Lipinski definition) is 3. The normalized spacial score (nSPS) is 12.8. The van der Waals surface area contributed by atoms with Crippen molar-refractivity contribution in [3.8, 4) is 0 Å². The van der Waals surface area contributed by atoms with Crippen molar-refractivity contribution in [2.75, 3.05) is 39.0 Å². The van der Waals surface area contributed by atoms with Gasteiger partial charge in [0.1, 0.15) is 0 Å². The third-order valence-electron chi connectivity index (χ3n) is 4.17. The van der Waals surface area contributed by atoms with E-state index in [-0.39, 0.29) is 12.5 Å². The molecule has 7 heteroatoms. The summed E-state index contributed by atoms with van der Waals surface area (Å²) in [5.41, 5.74) is 0. The van der Waals surface area contributed by atoms with Gasteiger partial charge in [-0.1, -0.05) is 27.7 Å². The Labute approximate surface area is 148 Å². The van der Waals surface area contributed by atoms with Crippen LogP contribution >= 0.6 is 0 Å². The number of rotatable bonds is 13. The topological polar surface area (TPSA) is 83.5 Å². The van der Waals surface area contributed by atoms with Gasteiger partial charge < -0.3 is 9.80 Å². The third kappa shape index (κ3) is 13.7. The van der Waals surface area contributed by atoms with Crippen molar-refractivity contribution < 1.29 is 22.2 Å². The minimum Gasteiger partial charge on any atom is -0.350 e. The van der Waals surface area contributed by atoms with E-state index >= 15 is 0 Å². The first-order chi connectivity index (χ1) is 10.9. The standard InChI is InChI=1S/C17H36N2O4S/c1-15(2)8-6-11-19(5,12-7-9-16(3)4)14-17(20)18-10-13-24(21,22)23/h15-16H,6-14H2,1-5H3,(H-,18,20,21,22,23)/p+1. The fourth-order valence-corrected chi connectivity index (χ4v) is 3.11. The lowest BCUT2D eigenvalue weighted by Gasteiger charge is -2.34. The van der Waals surface area contributed by atoms with Crippen LogP contribution in [0, 0.1) is 11.8 Å². The smallest absolute Gasteiger partial charge is 0.275 e. The van der Waals surface area contributed by atoms with Crippen LogP contribution in [0.1, 0.15) is 53.4 Å². The summed E-state index contributed by atoms with van der Waals surface area (Å²) in [6, 6.07) is 0. The molecule has 144 valence electrons. The molecule has 0 unspecified atom stereocenters. The molecule has 0 aromatic heterocycles. The monoisotopic (exact) mass is 365 g/mol. The molecule has 0 aromatic rings. The molecule has 0 aliphatic rings. The van der Waals surface area contributed by atoms with Crippen LogP contribution in [0.25, 0.3) is 0 Å². The van der Waals surface area contributed by atoms with Gasteiger partial charge in [0, 0.05) is 6.54 Å². The van der Waals surface area contributed by atoms with Crippen molar-refractivity contribution >= 4 is 16.0 Å². The lowest BCUT2D eigenvalue weighted by Crippen LogP contribution is -2.52. The second-order valence-electron chi connectivity index (χ2n) is 7.93. The van der Waals surface area contributed by atoms with Crippen molar-refractivity contribution in [1.29, 1.82) is 0 Å². The molecule has 1 amide bonds. The van der Waals surface area contributed by atoms with Crippen LogP contribution in [-0.2, 0) is 14.9 Å². The Morgan fingerprint density at radius 2 is 1.50 bits per heavy atom. The van der Waals surface area contributed by atoms with Gasteiger partial charge in [0.15, 0.2) is 6.54 Å². The Morgan fingerprint density at radius 3 is 1.88 bits per heavy atom. The average Bonchev–Trinajstić information content (AvgIpc) is 2.35. The molecule has 0 aliphatic heterocycles. The molecule has 0 bridgehead atoms. The number of likely N-dealkylation sites (N-methyl/N-ethyl adjacent to an activating group) is 1. The molecule has 0 saturated heterocycles. The molecule has 0 fully saturated rings. The Morgan fingerprint density at radius 1 is 1.04 bits per heavy atom. The zero-order chi connectivity index (χ0) is 18.8. The molecule has 0 spiro atoms. The SMILES string of the molecule is CC(C)CCC[N+](C)(CCCC(C)C)CC(=O)NCCS(=O)(=O)O. The number of hydrogen-bond donors (Lipinski definition) is 2. The number of amides is 1. The highest BCUT2D eigenvalue weighted by Gasteiger charge is 2.25. The first kappa shape index (κ1) is 23.3. The largest absolute Gasteiger partial charge is 0.350 e. The van der Waals surface area contributed by atoms with Crippen LogP contribution in [0.3, 0.4) is 0 Å². The van der Waals surface area contributed by atoms with Crippen LogP contribution in [0.15, 0.2) is 0 Å². The van der Waals surface area contributed by atoms with Crippen LogP contribution in [0.5, 0.6) is 0 Å². The molecule has 0 saturated carbocycles. The van der Waals surface area contributed by atoms with E-state index < -0.39 is 15.9 Å². The number of carbonyl (C=O) groups excluding carboxylic acids is 1. The van der Waals surface area contributed by atoms with E-state index in [1.54, 1.807) is 0 Å². The Balaban J connectivity index is 4.51. The fourth-order valence-electron chi connectivity index (χ4n) is 2.75. The average molecular weight is 366 g/mol. The van der Waals surface area contributed by atoms with Crippen LogP contribution in [-0.4, -0.2) is 62.3 Å². The summed E-state index contributed by atoms with van der Waals surface area (Å²) in [5.74, 6) is 0.703. The highest BCUT2D eigenvalue weighted by atomic mass is 32.2. The molecule has 0 rings (SSSR count). The maximum absolute atomic E-state index is 12.1. The second kappa shape index (κ2) is 11.1. The van der Waals surface area contributed by atoms with Gasteiger partial charge in [0.25, 0.3) is 16.0 Å². The molecular formula is C17H37N2O4S+. The summed E-state index contributed by atoms with van der Waals surface area (Å²) in [6.07, 6.45) is 4.44. The van der Waals surface area contributed by atoms with Crippen molar-refractivity contribution in [3.63, 3.8) is 0 Å². The van der Waals surface area contributed by atoms with Crippen molar-refractivity contribution in [2.45, 2.75) is 53.4 Å². The molecule has 0 aliphatic carbocycles. The molecular weight excluding hydrogens is 328 g/mol. The number of quaternary nitrogens is 1. The molecule has 6 nitrogen and oxygen atoms in total. The maximum atomic E-state index is 12.1. The van der Waals surface area contributed by atoms with Crippen LogP contribution < -0.4 is 5.32 Å². The van der Waals surface area contributed by atoms with E-state index in [2.05, 4.69) is 40.1 Å². The predicted molar refractivity (Wildman–Crippen MR) is 98.4 cm³/mol. The van der Waals surface area contributed by atoms with Gasteiger partial charge in [0.05, 0.1) is 25.9 Å². The van der Waals surface area contributed by atoms with Crippen molar-refractivity contribution in [1.82, 2.24) is 5.32 Å². The molecule has 0 aromatic carbocycles. The highest BCUT2D eigenvalue weighted by Crippen LogP contribution is 2.13. The van der Waals surface area contributed by atoms with E-state index in [0.29, 0.717) is 22.9 Å². The van der Waals surface area contributed by atoms with Crippen LogP contribution in [0.4, 0.5) is 0 Å². The zero-order valence-electron chi connectivity index (χ0n) is 16.0. The van der Waals surface area contributed by atoms with Crippen molar-refractivity contribution in [3.05, 3.63) is 0 Å². The van der Waals surface area contributed by atoms with Gasteiger partial charge in [-0.15, -0.1) is 0 Å². The molecule has 2 N–H and O–H groups in total. The number of carbonyl (C=O) groups is 1. The Kier molecular flexibility index (Phi) is 10.7. The van der Waals surface area contributed by atoms with E-state index in [9.17, 15) is 13.2 Å². The maximum Gasteiger partial charge on any atom is 0.275 e. The minimum absolute atomic E-state index is 0.0460. The summed E-state index contributed by atoms with van der Waals surface area (Å²) < 4.78 is 30.8. The molecule has 0 radical (unpaired) electrons. The van der Waals surface area contributed by atoms with Gasteiger partial charge in [-0.3, -0.25) is 9.35 Å². The first-order valence-electron chi connectivity index (χ1n) is 8.99. The summed E-state index contributed by atoms with van der Waals surface area (Å²) >= 11 is 0. The highest BCUT2D eigenvalue weighted by molar-refractivity contribution is 7.85. The Bertz CT molecular complexity index is 447. The first-order valence-corrected chi connectivity index (χ1v) is 10.6. The van der Waals surface area contributed by atoms with E-state index in [1.165, 1.54) is 0 Å². The van der Waals surface area contributed by atoms with E-state index in [1.807, 2.05) is 0 Å². The van der Waals surface area contributed by atoms with Gasteiger partial charge in [0.2, 0.25) is 0 Å². The molecule has 24 heavy (non-hydrogen) atoms. The summed E-state index contributed by atoms with van der Waals surface area (Å²) in [7, 11) is -1.93. The second-order valence-corrected chi connectivity index (χ2v) is 9.51. The van der Waals surface area contributed by atoms with Gasteiger partial charge in [-0.2, -0.15) is 8.42 Å². The van der Waals surface area contributed by atoms with Crippen LogP contribution in [0.2, 0.25) is 0 Å². The van der Waals surface area contributed by atoms with Gasteiger partial charge in [-0.05, 0) is 37.5 Å².